The predicted molar refractivity (Wildman–Crippen MR) is 137 cm³/mol. The van der Waals surface area contributed by atoms with E-state index < -0.39 is 11.5 Å². The molecule has 0 saturated heterocycles. The number of hydrogen-bond acceptors (Lipinski definition) is 6. The van der Waals surface area contributed by atoms with Crippen LogP contribution in [0, 0.1) is 0 Å². The number of methoxy groups -OCH3 is 2. The fourth-order valence-corrected chi connectivity index (χ4v) is 4.44. The molecule has 0 atom stereocenters. The van der Waals surface area contributed by atoms with E-state index in [4.69, 9.17) is 25.8 Å². The van der Waals surface area contributed by atoms with Crippen molar-refractivity contribution in [2.75, 3.05) is 31.5 Å². The zero-order valence-corrected chi connectivity index (χ0v) is 21.0. The van der Waals surface area contributed by atoms with E-state index in [0.717, 1.165) is 16.8 Å². The number of ether oxygens (including phenoxy) is 3. The summed E-state index contributed by atoms with van der Waals surface area (Å²) < 4.78 is 16.5. The molecular formula is C27H27ClN2O5. The first-order valence-corrected chi connectivity index (χ1v) is 11.4. The highest BCUT2D eigenvalue weighted by molar-refractivity contribution is 6.31. The fraction of sp³-hybridized carbons (Fsp3) is 0.259. The molecule has 35 heavy (non-hydrogen) atoms. The van der Waals surface area contributed by atoms with Gasteiger partial charge in [0.2, 0.25) is 0 Å². The van der Waals surface area contributed by atoms with Gasteiger partial charge >= 0.3 is 5.97 Å². The van der Waals surface area contributed by atoms with Crippen molar-refractivity contribution < 1.29 is 23.8 Å². The Balaban J connectivity index is 1.81. The molecule has 1 N–H and O–H groups in total. The van der Waals surface area contributed by atoms with Gasteiger partial charge in [0.1, 0.15) is 23.6 Å². The van der Waals surface area contributed by atoms with Crippen molar-refractivity contribution >= 4 is 34.9 Å². The van der Waals surface area contributed by atoms with Crippen LogP contribution >= 0.6 is 11.6 Å². The van der Waals surface area contributed by atoms with Crippen LogP contribution in [0.5, 0.6) is 11.5 Å². The second kappa shape index (κ2) is 9.50. The minimum absolute atomic E-state index is 0.0707. The summed E-state index contributed by atoms with van der Waals surface area (Å²) in [4.78, 5) is 27.6. The zero-order valence-electron chi connectivity index (χ0n) is 20.3. The summed E-state index contributed by atoms with van der Waals surface area (Å²) >= 11 is 6.31. The largest absolute Gasteiger partial charge is 0.497 e. The molecule has 1 amide bonds. The molecule has 0 aromatic heterocycles. The van der Waals surface area contributed by atoms with Crippen LogP contribution in [0.3, 0.4) is 0 Å². The first kappa shape index (κ1) is 24.4. The van der Waals surface area contributed by atoms with Gasteiger partial charge in [-0.25, -0.2) is 4.79 Å². The molecule has 0 unspecified atom stereocenters. The molecule has 3 aromatic rings. The number of halogens is 1. The van der Waals surface area contributed by atoms with Gasteiger partial charge in [-0.3, -0.25) is 4.79 Å². The quantitative estimate of drug-likeness (QED) is 0.453. The SMILES string of the molecule is COc1ccc(C(=O)OCc2c(-c3cc(Cl)ccc3OC)ccc3c2N(C)C(=O)C(C)(C)N3)cc1. The summed E-state index contributed by atoms with van der Waals surface area (Å²) in [6.45, 7) is 3.58. The molecule has 0 radical (unpaired) electrons. The van der Waals surface area contributed by atoms with E-state index in [0.29, 0.717) is 33.3 Å². The van der Waals surface area contributed by atoms with Crippen LogP contribution in [0.2, 0.25) is 5.02 Å². The van der Waals surface area contributed by atoms with Gasteiger partial charge in [-0.2, -0.15) is 0 Å². The van der Waals surface area contributed by atoms with Gasteiger partial charge in [0.25, 0.3) is 5.91 Å². The monoisotopic (exact) mass is 494 g/mol. The molecule has 4 rings (SSSR count). The number of benzene rings is 3. The third-order valence-electron chi connectivity index (χ3n) is 6.03. The van der Waals surface area contributed by atoms with Gasteiger partial charge in [0.05, 0.1) is 31.2 Å². The predicted octanol–water partition coefficient (Wildman–Crippen LogP) is 5.55. The minimum atomic E-state index is -0.784. The maximum Gasteiger partial charge on any atom is 0.338 e. The lowest BCUT2D eigenvalue weighted by Crippen LogP contribution is -2.52. The Morgan fingerprint density at radius 1 is 1.00 bits per heavy atom. The van der Waals surface area contributed by atoms with Gasteiger partial charge in [-0.05, 0) is 67.9 Å². The van der Waals surface area contributed by atoms with Crippen molar-refractivity contribution in [3.8, 4) is 22.6 Å². The summed E-state index contributed by atoms with van der Waals surface area (Å²) in [5.74, 6) is 0.647. The van der Waals surface area contributed by atoms with Crippen LogP contribution in [0.15, 0.2) is 54.6 Å². The van der Waals surface area contributed by atoms with Gasteiger partial charge in [-0.1, -0.05) is 17.7 Å². The van der Waals surface area contributed by atoms with Crippen LogP contribution in [0.1, 0.15) is 29.8 Å². The molecule has 0 fully saturated rings. The summed E-state index contributed by atoms with van der Waals surface area (Å²) in [7, 11) is 4.86. The standard InChI is InChI=1S/C27H27ClN2O5/c1-27(2)26(32)30(3)24-21(15-35-25(31)16-6-9-18(33-4)10-7-16)19(11-12-22(24)29-27)20-14-17(28)8-13-23(20)34-5/h6-14,29H,15H2,1-5H3. The second-order valence-corrected chi connectivity index (χ2v) is 9.19. The Kier molecular flexibility index (Phi) is 6.63. The van der Waals surface area contributed by atoms with E-state index in [2.05, 4.69) is 5.32 Å². The number of nitrogens with zero attached hydrogens (tertiary/aromatic N) is 1. The van der Waals surface area contributed by atoms with Gasteiger partial charge in [0.15, 0.2) is 0 Å². The lowest BCUT2D eigenvalue weighted by molar-refractivity contribution is -0.121. The number of nitrogens with one attached hydrogen (secondary N) is 1. The molecule has 7 nitrogen and oxygen atoms in total. The molecule has 0 saturated carbocycles. The molecule has 8 heteroatoms. The molecule has 1 heterocycles. The van der Waals surface area contributed by atoms with E-state index in [-0.39, 0.29) is 12.5 Å². The topological polar surface area (TPSA) is 77.1 Å². The molecule has 1 aliphatic heterocycles. The Hall–Kier alpha value is -3.71. The van der Waals surface area contributed by atoms with Crippen molar-refractivity contribution in [3.05, 3.63) is 70.7 Å². The number of amides is 1. The lowest BCUT2D eigenvalue weighted by Gasteiger charge is -2.39. The highest BCUT2D eigenvalue weighted by Gasteiger charge is 2.38. The van der Waals surface area contributed by atoms with Crippen molar-refractivity contribution in [2.45, 2.75) is 26.0 Å². The van der Waals surface area contributed by atoms with E-state index in [9.17, 15) is 9.59 Å². The zero-order chi connectivity index (χ0) is 25.3. The average Bonchev–Trinajstić information content (AvgIpc) is 2.85. The number of fused-ring (bicyclic) bond motifs is 1. The van der Waals surface area contributed by atoms with Crippen LogP contribution < -0.4 is 19.7 Å². The maximum atomic E-state index is 13.1. The van der Waals surface area contributed by atoms with E-state index in [1.54, 1.807) is 68.6 Å². The van der Waals surface area contributed by atoms with Gasteiger partial charge in [0, 0.05) is 23.2 Å². The number of carbonyl (C=O) groups excluding carboxylic acids is 2. The Labute approximate surface area is 209 Å². The molecule has 0 bridgehead atoms. The number of esters is 1. The summed E-state index contributed by atoms with van der Waals surface area (Å²) in [6.07, 6.45) is 0. The van der Waals surface area contributed by atoms with E-state index in [1.807, 2.05) is 26.0 Å². The third-order valence-corrected chi connectivity index (χ3v) is 6.26. The third kappa shape index (κ3) is 4.64. The van der Waals surface area contributed by atoms with Crippen molar-refractivity contribution in [1.29, 1.82) is 0 Å². The number of anilines is 2. The second-order valence-electron chi connectivity index (χ2n) is 8.75. The van der Waals surface area contributed by atoms with Crippen LogP contribution in [-0.4, -0.2) is 38.7 Å². The fourth-order valence-electron chi connectivity index (χ4n) is 4.27. The normalized spacial score (nSPS) is 14.1. The van der Waals surface area contributed by atoms with E-state index in [1.165, 1.54) is 0 Å². The smallest absolute Gasteiger partial charge is 0.338 e. The van der Waals surface area contributed by atoms with Crippen molar-refractivity contribution in [3.63, 3.8) is 0 Å². The molecule has 1 aliphatic rings. The average molecular weight is 495 g/mol. The molecule has 3 aromatic carbocycles. The van der Waals surface area contributed by atoms with Crippen molar-refractivity contribution in [1.82, 2.24) is 0 Å². The minimum Gasteiger partial charge on any atom is -0.497 e. The molecule has 182 valence electrons. The first-order chi connectivity index (χ1) is 16.7. The molecular weight excluding hydrogens is 468 g/mol. The first-order valence-electron chi connectivity index (χ1n) is 11.0. The number of carbonyl (C=O) groups is 2. The summed E-state index contributed by atoms with van der Waals surface area (Å²) in [5, 5.41) is 3.84. The van der Waals surface area contributed by atoms with Gasteiger partial charge in [-0.15, -0.1) is 0 Å². The number of likely N-dealkylation sites (N-methyl/N-ethyl adjacent to an activating group) is 1. The highest BCUT2D eigenvalue weighted by Crippen LogP contribution is 2.44. The Morgan fingerprint density at radius 2 is 1.71 bits per heavy atom. The van der Waals surface area contributed by atoms with Crippen molar-refractivity contribution in [2.24, 2.45) is 0 Å². The highest BCUT2D eigenvalue weighted by atomic mass is 35.5. The van der Waals surface area contributed by atoms with Crippen LogP contribution in [-0.2, 0) is 16.1 Å². The Morgan fingerprint density at radius 3 is 2.37 bits per heavy atom. The summed E-state index contributed by atoms with van der Waals surface area (Å²) in [5.41, 5.74) is 3.13. The van der Waals surface area contributed by atoms with Gasteiger partial charge < -0.3 is 24.4 Å². The maximum absolute atomic E-state index is 13.1. The lowest BCUT2D eigenvalue weighted by atomic mass is 9.92. The van der Waals surface area contributed by atoms with Crippen LogP contribution in [0.25, 0.3) is 11.1 Å². The van der Waals surface area contributed by atoms with Crippen LogP contribution in [0.4, 0.5) is 11.4 Å². The summed E-state index contributed by atoms with van der Waals surface area (Å²) in [6, 6.07) is 15.8. The molecule has 0 spiro atoms. The number of rotatable bonds is 6. The molecule has 0 aliphatic carbocycles. The Bertz CT molecular complexity index is 1290. The van der Waals surface area contributed by atoms with E-state index >= 15 is 0 Å². The number of hydrogen-bond donors (Lipinski definition) is 1.